The first kappa shape index (κ1) is 104. The Balaban J connectivity index is 0.00000108. The largest absolute Gasteiger partial charge is 0.741 e. The molecule has 0 N–H and O–H groups in total. The van der Waals surface area contributed by atoms with Crippen LogP contribution in [0.2, 0.25) is 0 Å². The highest BCUT2D eigenvalue weighted by molar-refractivity contribution is 7.87. The second-order valence-corrected chi connectivity index (χ2v) is 31.9. The molecule has 0 amide bonds. The number of benzene rings is 1. The molecule has 0 saturated carbocycles. The lowest BCUT2D eigenvalue weighted by atomic mass is 9.74. The second-order valence-electron chi connectivity index (χ2n) is 23.7. The van der Waals surface area contributed by atoms with Gasteiger partial charge in [0.15, 0.2) is 135 Å². The van der Waals surface area contributed by atoms with Crippen LogP contribution in [0.1, 0.15) is 119 Å². The molecule has 0 bridgehead atoms. The van der Waals surface area contributed by atoms with E-state index in [9.17, 15) is 79.0 Å². The van der Waals surface area contributed by atoms with Gasteiger partial charge in [-0.3, -0.25) is 0 Å². The Morgan fingerprint density at radius 2 is 0.289 bits per heavy atom. The summed E-state index contributed by atoms with van der Waals surface area (Å²) >= 11 is 0. The maximum Gasteiger partial charge on any atom is 0.485 e. The first-order chi connectivity index (χ1) is 52.0. The first-order valence-electron chi connectivity index (χ1n) is 33.3. The minimum absolute atomic E-state index is 1.01. The van der Waals surface area contributed by atoms with E-state index in [1.165, 1.54) is 105 Å². The van der Waals surface area contributed by atoms with Crippen LogP contribution in [0, 0.1) is 0 Å². The van der Waals surface area contributed by atoms with Gasteiger partial charge >= 0.3 is 33.0 Å². The number of halogens is 18. The Bertz CT molecular complexity index is 4040. The molecule has 114 heavy (non-hydrogen) atoms. The van der Waals surface area contributed by atoms with Gasteiger partial charge in [0.2, 0.25) is 0 Å². The smallest absolute Gasteiger partial charge is 0.485 e. The zero-order valence-corrected chi connectivity index (χ0v) is 65.8. The highest BCUT2D eigenvalue weighted by Gasteiger charge is 2.41. The van der Waals surface area contributed by atoms with Gasteiger partial charge in [-0.1, -0.05) is 80.1 Å². The predicted octanol–water partition coefficient (Wildman–Crippen LogP) is 12.5. The molecule has 1 aromatic carbocycles. The summed E-state index contributed by atoms with van der Waals surface area (Å²) in [4.78, 5) is 0. The SMILES string of the molecule is CCCC[n+]1ccc(-c2c(-c3cc[n+](CCCC)cc3)c(-c3cc[n+](CCCC)cc3)c(-c3cc[n+](CCCC)cc3)c(-c3cc[n+](CCCC)cc3)c2-c2cc[n+](CCCC)cc2)cc1.O=S(=O)([O-])C(F)(F)F.O=S(=O)([O-])C(F)(F)F.O=S(=O)([O-])C(F)(F)F.O=S(=O)([O-])C(F)(F)F.O=S(=O)([O-])C(F)(F)F.O=S(=O)([O-])C(F)(F)F. The van der Waals surface area contributed by atoms with Crippen LogP contribution in [0.5, 0.6) is 0 Å². The third-order valence-corrected chi connectivity index (χ3v) is 18.3. The number of aryl methyl sites for hydroxylation is 6. The van der Waals surface area contributed by atoms with Crippen LogP contribution in [-0.2, 0) is 100.0 Å². The van der Waals surface area contributed by atoms with Crippen LogP contribution < -0.4 is 27.4 Å². The van der Waals surface area contributed by atoms with Gasteiger partial charge in [-0.05, 0) is 66.8 Å². The number of hydrogen-bond donors (Lipinski definition) is 0. The fourth-order valence-corrected chi connectivity index (χ4v) is 9.16. The van der Waals surface area contributed by atoms with Crippen LogP contribution >= 0.6 is 0 Å². The van der Waals surface area contributed by atoms with Crippen molar-refractivity contribution in [2.45, 2.75) is 191 Å². The highest BCUT2D eigenvalue weighted by atomic mass is 32.2. The third-order valence-electron chi connectivity index (χ3n) is 14.9. The van der Waals surface area contributed by atoms with E-state index in [1.54, 1.807) is 0 Å². The van der Waals surface area contributed by atoms with Gasteiger partial charge in [-0.15, -0.1) is 0 Å². The van der Waals surface area contributed by atoms with Gasteiger partial charge in [0, 0.05) is 111 Å². The molecule has 0 fully saturated rings. The number of alkyl halides is 18. The van der Waals surface area contributed by atoms with E-state index in [4.69, 9.17) is 77.8 Å². The van der Waals surface area contributed by atoms with E-state index in [0.29, 0.717) is 0 Å². The number of pyridine rings is 6. The molecule has 7 aromatic rings. The van der Waals surface area contributed by atoms with Crippen molar-refractivity contribution in [1.82, 2.24) is 0 Å². The average Bonchev–Trinajstić information content (AvgIpc) is 0.714. The lowest BCUT2D eigenvalue weighted by Crippen LogP contribution is -2.33. The molecule has 0 aliphatic carbocycles. The van der Waals surface area contributed by atoms with Crippen molar-refractivity contribution in [3.05, 3.63) is 147 Å². The molecule has 0 atom stereocenters. The Labute approximate surface area is 646 Å². The molecule has 0 spiro atoms. The van der Waals surface area contributed by atoms with Crippen LogP contribution in [0.15, 0.2) is 147 Å². The highest BCUT2D eigenvalue weighted by Crippen LogP contribution is 2.55. The van der Waals surface area contributed by atoms with E-state index >= 15 is 0 Å². The predicted molar refractivity (Wildman–Crippen MR) is 364 cm³/mol. The molecular formula is C66H78F18N6O18S6. The topological polar surface area (TPSA) is 366 Å². The van der Waals surface area contributed by atoms with Crippen molar-refractivity contribution in [3.8, 4) is 66.8 Å². The number of aromatic nitrogens is 6. The van der Waals surface area contributed by atoms with E-state index in [0.717, 1.165) is 77.8 Å². The maximum absolute atomic E-state index is 10.7. The van der Waals surface area contributed by atoms with Gasteiger partial charge in [0.05, 0.1) is 0 Å². The van der Waals surface area contributed by atoms with E-state index < -0.39 is 93.8 Å². The molecule has 7 rings (SSSR count). The summed E-state index contributed by atoms with van der Waals surface area (Å²) in [6.45, 7) is 19.7. The summed E-state index contributed by atoms with van der Waals surface area (Å²) in [5.41, 5.74) is -18.9. The normalized spacial score (nSPS) is 12.5. The fraction of sp³-hybridized carbons (Fsp3) is 0.455. The Hall–Kier alpha value is -7.68. The minimum atomic E-state index is -6.09. The zero-order chi connectivity index (χ0) is 88.1. The monoisotopic (exact) mass is 1780 g/mol. The summed E-state index contributed by atoms with van der Waals surface area (Å²) in [5, 5.41) is 0. The summed E-state index contributed by atoms with van der Waals surface area (Å²) in [6.07, 6.45) is 41.6. The lowest BCUT2D eigenvalue weighted by Gasteiger charge is -2.28. The van der Waals surface area contributed by atoms with Gasteiger partial charge < -0.3 is 27.3 Å². The number of unbranched alkanes of at least 4 members (excludes halogenated alkanes) is 6. The summed E-state index contributed by atoms with van der Waals surface area (Å²) < 4.78 is 368. The molecule has 6 heterocycles. The van der Waals surface area contributed by atoms with Crippen LogP contribution in [-0.4, -0.2) is 111 Å². The van der Waals surface area contributed by atoms with Gasteiger partial charge in [-0.2, -0.15) is 79.0 Å². The number of hydrogen-bond acceptors (Lipinski definition) is 18. The van der Waals surface area contributed by atoms with Crippen LogP contribution in [0.4, 0.5) is 79.0 Å². The Morgan fingerprint density at radius 1 is 0.211 bits per heavy atom. The summed E-state index contributed by atoms with van der Waals surface area (Å²) in [5.74, 6) is 0. The van der Waals surface area contributed by atoms with E-state index in [2.05, 4.69) is 216 Å². The first-order valence-corrected chi connectivity index (χ1v) is 41.8. The van der Waals surface area contributed by atoms with Crippen molar-refractivity contribution in [2.75, 3.05) is 0 Å². The molecule has 0 aliphatic heterocycles. The van der Waals surface area contributed by atoms with Crippen molar-refractivity contribution < 1.29 is 184 Å². The fourth-order valence-electron chi connectivity index (χ4n) is 9.16. The number of nitrogens with zero attached hydrogens (tertiary/aromatic N) is 6. The van der Waals surface area contributed by atoms with Crippen LogP contribution in [0.3, 0.4) is 0 Å². The maximum atomic E-state index is 10.7. The molecular weight excluding hydrogens is 1700 g/mol. The van der Waals surface area contributed by atoms with Gasteiger partial charge in [0.1, 0.15) is 39.3 Å². The third kappa shape index (κ3) is 35.0. The van der Waals surface area contributed by atoms with Crippen LogP contribution in [0.25, 0.3) is 66.8 Å². The quantitative estimate of drug-likeness (QED) is 0.0235. The number of rotatable bonds is 24. The van der Waals surface area contributed by atoms with Crippen molar-refractivity contribution in [2.24, 2.45) is 0 Å². The second kappa shape index (κ2) is 44.6. The molecule has 0 radical (unpaired) electrons. The Kier molecular flexibility index (Phi) is 40.8. The average molecular weight is 1780 g/mol. The molecule has 642 valence electrons. The molecule has 48 heteroatoms. The summed E-state index contributed by atoms with van der Waals surface area (Å²) in [7, 11) is -36.5. The molecule has 6 aromatic heterocycles. The van der Waals surface area contributed by atoms with Crippen molar-refractivity contribution >= 4 is 60.7 Å². The molecule has 24 nitrogen and oxygen atoms in total. The zero-order valence-electron chi connectivity index (χ0n) is 60.9. The van der Waals surface area contributed by atoms with Gasteiger partial charge in [0.25, 0.3) is 0 Å². The molecule has 0 unspecified atom stereocenters. The molecule has 0 aliphatic rings. The lowest BCUT2D eigenvalue weighted by molar-refractivity contribution is -0.697. The van der Waals surface area contributed by atoms with Gasteiger partial charge in [-0.25, -0.2) is 77.9 Å². The van der Waals surface area contributed by atoms with E-state index in [-0.39, 0.29) is 0 Å². The minimum Gasteiger partial charge on any atom is -0.741 e. The van der Waals surface area contributed by atoms with E-state index in [1.807, 2.05) is 0 Å². The Morgan fingerprint density at radius 3 is 0.351 bits per heavy atom. The summed E-state index contributed by atoms with van der Waals surface area (Å²) in [6, 6.07) is 28.6. The molecule has 0 saturated heterocycles. The standard InChI is InChI=1S/C60H78N6.6CHF3O3S/c1-7-13-31-61-37-19-49(20-38-61)55-56(50-21-39-62(40-22-50)32-14-8-2)58(52-25-43-64(44-26-52)34-16-10-4)60(54-29-47-66(48-30-54)36-18-12-6)59(53-27-45-65(46-28-53)35-17-11-5)57(55)51-23-41-63(42-24-51)33-15-9-3;6*2-1(3,4)8(5,6)7/h19-30,37-48H,7-18,31-36H2,1-6H3;6*(H,5,6,7)/q+6;;;;;;/p-6. The van der Waals surface area contributed by atoms with Crippen molar-refractivity contribution in [1.29, 1.82) is 0 Å². The van der Waals surface area contributed by atoms with Crippen molar-refractivity contribution in [3.63, 3.8) is 0 Å².